The average Bonchev–Trinajstić information content (AvgIpc) is 2.52. The van der Waals surface area contributed by atoms with Crippen molar-refractivity contribution in [1.82, 2.24) is 0 Å². The lowest BCUT2D eigenvalue weighted by Gasteiger charge is -2.60. The third kappa shape index (κ3) is 3.25. The van der Waals surface area contributed by atoms with E-state index in [1.54, 1.807) is 12.1 Å². The smallest absolute Gasteiger partial charge is 0.262 e. The summed E-state index contributed by atoms with van der Waals surface area (Å²) in [6, 6.07) is 3.32. The monoisotopic (exact) mass is 452 g/mol. The lowest BCUT2D eigenvalue weighted by molar-refractivity contribution is -0.123. The molecule has 0 spiro atoms. The fraction of sp³-hybridized carbons (Fsp3) is 0.600. The molecule has 4 fully saturated rings. The fourth-order valence-electron chi connectivity index (χ4n) is 6.27. The average molecular weight is 454 g/mol. The molecule has 2 atom stereocenters. The molecule has 1 heterocycles. The molecule has 1 aromatic rings. The van der Waals surface area contributed by atoms with Crippen LogP contribution in [-0.2, 0) is 9.59 Å². The maximum atomic E-state index is 12.9. The molecule has 4 saturated carbocycles. The van der Waals surface area contributed by atoms with Gasteiger partial charge in [-0.3, -0.25) is 9.59 Å². The van der Waals surface area contributed by atoms with Gasteiger partial charge in [-0.1, -0.05) is 27.5 Å². The van der Waals surface area contributed by atoms with Crippen LogP contribution in [0, 0.1) is 17.3 Å². The summed E-state index contributed by atoms with van der Waals surface area (Å²) in [6.45, 7) is -0.0265. The van der Waals surface area contributed by atoms with Crippen molar-refractivity contribution in [3.05, 3.63) is 17.2 Å². The predicted octanol–water partition coefficient (Wildman–Crippen LogP) is 4.73. The Hall–Kier alpha value is -1.27. The van der Waals surface area contributed by atoms with Crippen molar-refractivity contribution in [3.63, 3.8) is 0 Å². The molecular weight excluding hydrogens is 432 g/mol. The normalized spacial score (nSPS) is 36.0. The minimum absolute atomic E-state index is 0.00902. The van der Waals surface area contributed by atoms with Gasteiger partial charge in [-0.05, 0) is 61.8 Å². The molecule has 2 unspecified atom stereocenters. The second kappa shape index (κ2) is 6.11. The molecule has 2 N–H and O–H groups in total. The van der Waals surface area contributed by atoms with Crippen LogP contribution in [0.2, 0.25) is 5.02 Å². The molecule has 0 saturated heterocycles. The molecule has 7 heteroatoms. The van der Waals surface area contributed by atoms with Gasteiger partial charge in [0.05, 0.1) is 16.4 Å². The van der Waals surface area contributed by atoms with E-state index >= 15 is 0 Å². The first-order valence-electron chi connectivity index (χ1n) is 9.57. The Balaban J connectivity index is 1.32. The molecule has 0 aromatic heterocycles. The standard InChI is InChI=1S/C20H22BrClN2O3/c21-20-6-11-1-12(7-20)5-19(4-11,10-20)8-17(25)23-14-3-16-15(2-13(14)22)24-18(26)9-27-16/h2-3,11-12H,1,4-10H2,(H,23,25)(H,24,26). The summed E-state index contributed by atoms with van der Waals surface area (Å²) in [7, 11) is 0. The highest BCUT2D eigenvalue weighted by atomic mass is 79.9. The summed E-state index contributed by atoms with van der Waals surface area (Å²) in [5.41, 5.74) is 1.19. The van der Waals surface area contributed by atoms with E-state index in [9.17, 15) is 9.59 Å². The van der Waals surface area contributed by atoms with Crippen molar-refractivity contribution in [1.29, 1.82) is 0 Å². The zero-order chi connectivity index (χ0) is 18.8. The number of carbonyl (C=O) groups excluding carboxylic acids is 2. The van der Waals surface area contributed by atoms with Gasteiger partial charge < -0.3 is 15.4 Å². The summed E-state index contributed by atoms with van der Waals surface area (Å²) >= 11 is 10.3. The van der Waals surface area contributed by atoms with Crippen LogP contribution in [0.3, 0.4) is 0 Å². The number of hydrogen-bond acceptors (Lipinski definition) is 3. The van der Waals surface area contributed by atoms with E-state index < -0.39 is 0 Å². The van der Waals surface area contributed by atoms with Gasteiger partial charge in [0.15, 0.2) is 6.61 Å². The van der Waals surface area contributed by atoms with E-state index in [2.05, 4.69) is 26.6 Å². The molecule has 144 valence electrons. The summed E-state index contributed by atoms with van der Waals surface area (Å²) in [5, 5.41) is 6.10. The molecule has 0 radical (unpaired) electrons. The van der Waals surface area contributed by atoms with Gasteiger partial charge in [-0.15, -0.1) is 0 Å². The fourth-order valence-corrected chi connectivity index (χ4v) is 7.99. The van der Waals surface area contributed by atoms with Gasteiger partial charge in [-0.2, -0.15) is 0 Å². The number of ether oxygens (including phenoxy) is 1. The Bertz CT molecular complexity index is 829. The van der Waals surface area contributed by atoms with Crippen LogP contribution in [0.25, 0.3) is 0 Å². The minimum Gasteiger partial charge on any atom is -0.482 e. The molecule has 6 rings (SSSR count). The number of rotatable bonds is 3. The highest BCUT2D eigenvalue weighted by Crippen LogP contribution is 2.65. The van der Waals surface area contributed by atoms with Crippen molar-refractivity contribution in [3.8, 4) is 5.75 Å². The van der Waals surface area contributed by atoms with Gasteiger partial charge in [0.2, 0.25) is 5.91 Å². The number of carbonyl (C=O) groups is 2. The number of halogens is 2. The number of alkyl halides is 1. The minimum atomic E-state index is -0.208. The zero-order valence-electron chi connectivity index (χ0n) is 14.9. The second-order valence-electron chi connectivity index (χ2n) is 9.00. The molecule has 5 aliphatic rings. The Labute approximate surface area is 171 Å². The van der Waals surface area contributed by atoms with Gasteiger partial charge in [0.1, 0.15) is 5.75 Å². The molecule has 1 aromatic carbocycles. The van der Waals surface area contributed by atoms with Gasteiger partial charge in [0.25, 0.3) is 5.91 Å². The number of hydrogen-bond donors (Lipinski definition) is 2. The lowest BCUT2D eigenvalue weighted by atomic mass is 9.48. The highest BCUT2D eigenvalue weighted by Gasteiger charge is 2.57. The topological polar surface area (TPSA) is 67.4 Å². The molecule has 4 bridgehead atoms. The Morgan fingerprint density at radius 1 is 1.30 bits per heavy atom. The third-order valence-electron chi connectivity index (χ3n) is 6.62. The van der Waals surface area contributed by atoms with Crippen LogP contribution in [0.15, 0.2) is 12.1 Å². The van der Waals surface area contributed by atoms with E-state index in [1.165, 1.54) is 19.3 Å². The Morgan fingerprint density at radius 3 is 2.74 bits per heavy atom. The van der Waals surface area contributed by atoms with Crippen molar-refractivity contribution in [2.24, 2.45) is 17.3 Å². The number of fused-ring (bicyclic) bond motifs is 1. The molecule has 4 aliphatic carbocycles. The van der Waals surface area contributed by atoms with E-state index in [4.69, 9.17) is 16.3 Å². The van der Waals surface area contributed by atoms with Gasteiger partial charge >= 0.3 is 0 Å². The number of amides is 2. The van der Waals surface area contributed by atoms with Crippen molar-refractivity contribution < 1.29 is 14.3 Å². The van der Waals surface area contributed by atoms with E-state index in [-0.39, 0.29) is 28.2 Å². The summed E-state index contributed by atoms with van der Waals surface area (Å²) in [6.07, 6.45) is 7.80. The first kappa shape index (κ1) is 17.8. The Morgan fingerprint density at radius 2 is 2.04 bits per heavy atom. The van der Waals surface area contributed by atoms with Crippen LogP contribution >= 0.6 is 27.5 Å². The summed E-state index contributed by atoms with van der Waals surface area (Å²) in [4.78, 5) is 24.3. The summed E-state index contributed by atoms with van der Waals surface area (Å²) < 4.78 is 5.67. The van der Waals surface area contributed by atoms with Crippen LogP contribution in [-0.4, -0.2) is 22.7 Å². The lowest BCUT2D eigenvalue weighted by Crippen LogP contribution is -2.53. The maximum Gasteiger partial charge on any atom is 0.262 e. The van der Waals surface area contributed by atoms with E-state index in [0.29, 0.717) is 28.6 Å². The number of nitrogens with one attached hydrogen (secondary N) is 2. The first-order chi connectivity index (χ1) is 12.8. The largest absolute Gasteiger partial charge is 0.482 e. The van der Waals surface area contributed by atoms with Crippen molar-refractivity contribution in [2.75, 3.05) is 17.2 Å². The Kier molecular flexibility index (Phi) is 4.03. The van der Waals surface area contributed by atoms with Crippen LogP contribution < -0.4 is 15.4 Å². The molecule has 2 amide bonds. The van der Waals surface area contributed by atoms with E-state index in [1.807, 2.05) is 0 Å². The van der Waals surface area contributed by atoms with Crippen LogP contribution in [0.5, 0.6) is 5.75 Å². The molecule has 5 nitrogen and oxygen atoms in total. The molecular formula is C20H22BrClN2O3. The zero-order valence-corrected chi connectivity index (χ0v) is 17.3. The quantitative estimate of drug-likeness (QED) is 0.650. The van der Waals surface area contributed by atoms with Gasteiger partial charge in [-0.25, -0.2) is 0 Å². The van der Waals surface area contributed by atoms with Crippen LogP contribution in [0.1, 0.15) is 44.9 Å². The van der Waals surface area contributed by atoms with Gasteiger partial charge in [0, 0.05) is 16.8 Å². The van der Waals surface area contributed by atoms with Crippen LogP contribution in [0.4, 0.5) is 11.4 Å². The number of anilines is 2. The predicted molar refractivity (Wildman–Crippen MR) is 108 cm³/mol. The highest BCUT2D eigenvalue weighted by molar-refractivity contribution is 9.10. The molecule has 1 aliphatic heterocycles. The van der Waals surface area contributed by atoms with Crippen molar-refractivity contribution in [2.45, 2.75) is 49.3 Å². The SMILES string of the molecule is O=C(CC12CC3CC(CC(Br)(C3)C1)C2)Nc1cc2c(cc1Cl)NC(=O)CO2. The molecule has 27 heavy (non-hydrogen) atoms. The summed E-state index contributed by atoms with van der Waals surface area (Å²) in [5.74, 6) is 1.84. The maximum absolute atomic E-state index is 12.9. The third-order valence-corrected chi connectivity index (χ3v) is 7.86. The van der Waals surface area contributed by atoms with Crippen molar-refractivity contribution >= 4 is 50.7 Å². The second-order valence-corrected chi connectivity index (χ2v) is 11.1. The number of benzene rings is 1. The first-order valence-corrected chi connectivity index (χ1v) is 10.7. The van der Waals surface area contributed by atoms with E-state index in [0.717, 1.165) is 31.1 Å².